The number of hydrogen-bond acceptors (Lipinski definition) is 0. The number of rotatable bonds is 3. The molecule has 0 aromatic carbocycles. The lowest BCUT2D eigenvalue weighted by Crippen LogP contribution is -2.37. The molecule has 0 saturated heterocycles. The third-order valence-corrected chi connectivity index (χ3v) is 14.1. The van der Waals surface area contributed by atoms with Crippen LogP contribution in [0.2, 0.25) is 0 Å². The van der Waals surface area contributed by atoms with E-state index >= 15 is 0 Å². The lowest BCUT2D eigenvalue weighted by atomic mass is 9.72. The van der Waals surface area contributed by atoms with Crippen molar-refractivity contribution in [2.75, 3.05) is 0 Å². The van der Waals surface area contributed by atoms with Gasteiger partial charge in [0.15, 0.2) is 0 Å². The molecule has 0 aromatic rings. The average molecular weight is 451 g/mol. The molecule has 0 bridgehead atoms. The predicted molar refractivity (Wildman–Crippen MR) is 145 cm³/mol. The number of hydrogen-bond donors (Lipinski definition) is 1. The topological polar surface area (TPSA) is 0 Å². The van der Waals surface area contributed by atoms with Crippen LogP contribution in [0.1, 0.15) is 139 Å². The van der Waals surface area contributed by atoms with Crippen LogP contribution < -0.4 is 0 Å². The first-order valence-corrected chi connectivity index (χ1v) is 15.6. The largest absolute Gasteiger partial charge is 0.245 e. The molecule has 3 aliphatic carbocycles. The Morgan fingerprint density at radius 1 is 0.355 bits per heavy atom. The summed E-state index contributed by atoms with van der Waals surface area (Å²) in [5.41, 5.74) is 1.55. The van der Waals surface area contributed by atoms with Gasteiger partial charge in [0.25, 0.3) is 0 Å². The molecule has 3 saturated carbocycles. The minimum Gasteiger partial charge on any atom is -0.245 e. The molecular formula is C30H58S. The van der Waals surface area contributed by atoms with Gasteiger partial charge in [-0.2, -0.15) is 0 Å². The molecule has 0 radical (unpaired) electrons. The normalized spacial score (nSPS) is 38.0. The minimum absolute atomic E-state index is 0.220. The zero-order chi connectivity index (χ0) is 23.0. The monoisotopic (exact) mass is 450 g/mol. The van der Waals surface area contributed by atoms with Crippen molar-refractivity contribution in [3.8, 4) is 0 Å². The van der Waals surface area contributed by atoms with Gasteiger partial charge in [-0.15, -0.1) is 0 Å². The van der Waals surface area contributed by atoms with Crippen LogP contribution >= 0.6 is 10.9 Å². The summed E-state index contributed by atoms with van der Waals surface area (Å²) in [4.78, 5) is 0. The molecule has 0 aromatic heterocycles. The first-order chi connectivity index (χ1) is 14.3. The SMILES string of the molecule is CC(C)(C)C1CCC([SH](C2CCC(C(C)(C)C)CC2)C2CCC(C(C)(C)C)CC2)CC1. The minimum atomic E-state index is 0.220. The van der Waals surface area contributed by atoms with Crippen molar-refractivity contribution in [2.24, 2.45) is 34.0 Å². The highest BCUT2D eigenvalue weighted by molar-refractivity contribution is 8.18. The molecule has 0 unspecified atom stereocenters. The van der Waals surface area contributed by atoms with Crippen LogP contribution in [-0.4, -0.2) is 15.7 Å². The Bertz CT molecular complexity index is 452. The van der Waals surface area contributed by atoms with E-state index in [9.17, 15) is 0 Å². The van der Waals surface area contributed by atoms with Gasteiger partial charge in [0.05, 0.1) is 0 Å². The predicted octanol–water partition coefficient (Wildman–Crippen LogP) is 9.80. The molecule has 0 aliphatic heterocycles. The summed E-state index contributed by atoms with van der Waals surface area (Å²) < 4.78 is 0. The zero-order valence-corrected chi connectivity index (χ0v) is 23.8. The van der Waals surface area contributed by atoms with Crippen molar-refractivity contribution in [3.63, 3.8) is 0 Å². The van der Waals surface area contributed by atoms with Gasteiger partial charge in [-0.05, 0) is 127 Å². The summed E-state index contributed by atoms with van der Waals surface area (Å²) in [6.45, 7) is 22.4. The number of thiol groups is 1. The highest BCUT2D eigenvalue weighted by Crippen LogP contribution is 2.58. The van der Waals surface area contributed by atoms with E-state index in [4.69, 9.17) is 0 Å². The third-order valence-electron chi connectivity index (χ3n) is 10.0. The van der Waals surface area contributed by atoms with Crippen molar-refractivity contribution < 1.29 is 0 Å². The van der Waals surface area contributed by atoms with Crippen LogP contribution in [0.15, 0.2) is 0 Å². The average Bonchev–Trinajstić information content (AvgIpc) is 2.67. The van der Waals surface area contributed by atoms with Crippen LogP contribution in [0.4, 0.5) is 0 Å². The molecule has 0 N–H and O–H groups in total. The van der Waals surface area contributed by atoms with Gasteiger partial charge in [-0.25, -0.2) is 10.9 Å². The quantitative estimate of drug-likeness (QED) is 0.406. The summed E-state index contributed by atoms with van der Waals surface area (Å²) in [5.74, 6) is 2.90. The van der Waals surface area contributed by atoms with Gasteiger partial charge in [-0.3, -0.25) is 0 Å². The van der Waals surface area contributed by atoms with Crippen LogP contribution in [0.25, 0.3) is 0 Å². The standard InChI is InChI=1S/C30H58S/c1-28(2,3)22-10-16-25(17-11-22)31(26-18-12-23(13-19-26)29(4,5)6)27-20-14-24(15-21-27)30(7,8)9/h22-27,31H,10-21H2,1-9H3. The lowest BCUT2D eigenvalue weighted by molar-refractivity contribution is 0.173. The van der Waals surface area contributed by atoms with Crippen LogP contribution in [0, 0.1) is 34.0 Å². The smallest absolute Gasteiger partial charge is 0.0132 e. The second-order valence-electron chi connectivity index (χ2n) is 15.1. The summed E-state index contributed by atoms with van der Waals surface area (Å²) in [6, 6.07) is 0. The molecule has 0 nitrogen and oxygen atoms in total. The Balaban J connectivity index is 1.69. The molecule has 0 spiro atoms. The first kappa shape index (κ1) is 26.0. The summed E-state index contributed by atoms with van der Waals surface area (Å²) in [5, 5.41) is 3.29. The molecule has 184 valence electrons. The Kier molecular flexibility index (Phi) is 8.30. The molecule has 3 rings (SSSR count). The van der Waals surface area contributed by atoms with Gasteiger partial charge < -0.3 is 0 Å². The Labute approximate surface area is 199 Å². The van der Waals surface area contributed by atoms with Gasteiger partial charge in [0, 0.05) is 0 Å². The second-order valence-corrected chi connectivity index (χ2v) is 18.1. The second kappa shape index (κ2) is 9.92. The molecule has 0 amide bonds. The van der Waals surface area contributed by atoms with E-state index in [0.717, 1.165) is 33.5 Å². The van der Waals surface area contributed by atoms with E-state index in [1.54, 1.807) is 38.5 Å². The molecule has 0 heterocycles. The van der Waals surface area contributed by atoms with Crippen molar-refractivity contribution in [1.29, 1.82) is 0 Å². The van der Waals surface area contributed by atoms with E-state index in [1.165, 1.54) is 38.5 Å². The highest BCUT2D eigenvalue weighted by Gasteiger charge is 2.41. The van der Waals surface area contributed by atoms with Gasteiger partial charge in [0.1, 0.15) is 0 Å². The Morgan fingerprint density at radius 2 is 0.548 bits per heavy atom. The third kappa shape index (κ3) is 6.70. The summed E-state index contributed by atoms with van der Waals surface area (Å²) in [7, 11) is 0.220. The first-order valence-electron chi connectivity index (χ1n) is 14.0. The van der Waals surface area contributed by atoms with E-state index in [-0.39, 0.29) is 10.9 Å². The fourth-order valence-corrected chi connectivity index (χ4v) is 12.1. The van der Waals surface area contributed by atoms with E-state index in [2.05, 4.69) is 62.3 Å². The van der Waals surface area contributed by atoms with Crippen molar-refractivity contribution in [1.82, 2.24) is 0 Å². The van der Waals surface area contributed by atoms with Gasteiger partial charge in [0.2, 0.25) is 0 Å². The van der Waals surface area contributed by atoms with E-state index in [1.807, 2.05) is 0 Å². The fraction of sp³-hybridized carbons (Fsp3) is 1.00. The van der Waals surface area contributed by atoms with E-state index in [0.29, 0.717) is 16.2 Å². The molecular weight excluding hydrogens is 392 g/mol. The maximum atomic E-state index is 2.49. The lowest BCUT2D eigenvalue weighted by Gasteiger charge is -2.51. The Morgan fingerprint density at radius 3 is 0.710 bits per heavy atom. The van der Waals surface area contributed by atoms with Gasteiger partial charge in [-0.1, -0.05) is 62.3 Å². The zero-order valence-electron chi connectivity index (χ0n) is 22.9. The van der Waals surface area contributed by atoms with Crippen LogP contribution in [-0.2, 0) is 0 Å². The van der Waals surface area contributed by atoms with Crippen molar-refractivity contribution >= 4 is 10.9 Å². The molecule has 31 heavy (non-hydrogen) atoms. The van der Waals surface area contributed by atoms with Crippen molar-refractivity contribution in [3.05, 3.63) is 0 Å². The van der Waals surface area contributed by atoms with Crippen LogP contribution in [0.3, 0.4) is 0 Å². The summed E-state index contributed by atoms with van der Waals surface area (Å²) >= 11 is 0. The van der Waals surface area contributed by atoms with E-state index < -0.39 is 0 Å². The molecule has 3 fully saturated rings. The Hall–Kier alpha value is 0.350. The molecule has 3 aliphatic rings. The van der Waals surface area contributed by atoms with Crippen LogP contribution in [0.5, 0.6) is 0 Å². The van der Waals surface area contributed by atoms with Crippen molar-refractivity contribution in [2.45, 2.75) is 155 Å². The maximum absolute atomic E-state index is 2.49. The summed E-state index contributed by atoms with van der Waals surface area (Å²) in [6.07, 6.45) is 18.5. The molecule has 1 heteroatoms. The molecule has 0 atom stereocenters. The fourth-order valence-electron chi connectivity index (χ4n) is 7.61. The van der Waals surface area contributed by atoms with Gasteiger partial charge >= 0.3 is 0 Å². The maximum Gasteiger partial charge on any atom is -0.0132 e. The highest BCUT2D eigenvalue weighted by atomic mass is 32.2.